The van der Waals surface area contributed by atoms with Gasteiger partial charge in [0.1, 0.15) is 5.76 Å². The van der Waals surface area contributed by atoms with E-state index in [2.05, 4.69) is 9.97 Å². The van der Waals surface area contributed by atoms with Gasteiger partial charge in [0, 0.05) is 23.0 Å². The number of ketones is 1. The van der Waals surface area contributed by atoms with E-state index < -0.39 is 17.7 Å². The van der Waals surface area contributed by atoms with E-state index in [1.165, 1.54) is 17.3 Å². The summed E-state index contributed by atoms with van der Waals surface area (Å²) in [5.74, 6) is -1.76. The van der Waals surface area contributed by atoms with Gasteiger partial charge in [0.05, 0.1) is 11.6 Å². The Morgan fingerprint density at radius 1 is 1.00 bits per heavy atom. The highest BCUT2D eigenvalue weighted by Gasteiger charge is 2.48. The van der Waals surface area contributed by atoms with Crippen LogP contribution in [0.15, 0.2) is 72.6 Å². The molecule has 1 unspecified atom stereocenters. The Hall–Kier alpha value is -3.51. The SMILES string of the molecule is Cc1ccc(/C(O)=C2/C(=O)C(=O)N(c3ncccn3)C2c2ccc(Cl)cc2)cc1. The number of Topliss-reactive ketones (excluding diaryl/α,β-unsaturated/α-hetero) is 1. The van der Waals surface area contributed by atoms with Gasteiger partial charge in [-0.1, -0.05) is 53.6 Å². The Morgan fingerprint density at radius 2 is 1.62 bits per heavy atom. The fourth-order valence-electron chi connectivity index (χ4n) is 3.28. The molecular formula is C22H16ClN3O3. The molecule has 1 aromatic heterocycles. The number of benzene rings is 2. The summed E-state index contributed by atoms with van der Waals surface area (Å²) in [6, 6.07) is 14.5. The fraction of sp³-hybridized carbons (Fsp3) is 0.0909. The second kappa shape index (κ2) is 7.48. The van der Waals surface area contributed by atoms with Crippen molar-refractivity contribution in [3.05, 3.63) is 94.3 Å². The molecule has 7 heteroatoms. The topological polar surface area (TPSA) is 83.4 Å². The van der Waals surface area contributed by atoms with Gasteiger partial charge in [-0.2, -0.15) is 0 Å². The van der Waals surface area contributed by atoms with E-state index >= 15 is 0 Å². The maximum Gasteiger partial charge on any atom is 0.302 e. The van der Waals surface area contributed by atoms with Crippen molar-refractivity contribution in [2.45, 2.75) is 13.0 Å². The first-order valence-corrected chi connectivity index (χ1v) is 9.25. The molecule has 0 spiro atoms. The predicted octanol–water partition coefficient (Wildman–Crippen LogP) is 4.06. The van der Waals surface area contributed by atoms with Crippen LogP contribution in [0.1, 0.15) is 22.7 Å². The Balaban J connectivity index is 1.94. The third-order valence-electron chi connectivity index (χ3n) is 4.72. The molecule has 29 heavy (non-hydrogen) atoms. The first kappa shape index (κ1) is 18.8. The molecule has 1 atom stereocenters. The normalized spacial score (nSPS) is 18.3. The van der Waals surface area contributed by atoms with Gasteiger partial charge >= 0.3 is 5.91 Å². The lowest BCUT2D eigenvalue weighted by Gasteiger charge is -2.23. The Kier molecular flexibility index (Phi) is 4.86. The number of aliphatic hydroxyl groups excluding tert-OH is 1. The van der Waals surface area contributed by atoms with Gasteiger partial charge < -0.3 is 5.11 Å². The molecule has 6 nitrogen and oxygen atoms in total. The van der Waals surface area contributed by atoms with Gasteiger partial charge in [-0.3, -0.25) is 14.5 Å². The monoisotopic (exact) mass is 405 g/mol. The van der Waals surface area contributed by atoms with E-state index in [-0.39, 0.29) is 17.3 Å². The smallest absolute Gasteiger partial charge is 0.302 e. The van der Waals surface area contributed by atoms with Crippen LogP contribution >= 0.6 is 11.6 Å². The van der Waals surface area contributed by atoms with Crippen LogP contribution < -0.4 is 4.90 Å². The standard InChI is InChI=1S/C22H16ClN3O3/c1-13-3-5-15(6-4-13)19(27)17-18(14-7-9-16(23)10-8-14)26(21(29)20(17)28)22-24-11-2-12-25-22/h2-12,18,27H,1H3/b19-17-. The van der Waals surface area contributed by atoms with Crippen LogP contribution in [0, 0.1) is 6.92 Å². The van der Waals surface area contributed by atoms with E-state index in [9.17, 15) is 14.7 Å². The molecule has 1 saturated heterocycles. The van der Waals surface area contributed by atoms with Gasteiger partial charge in [-0.25, -0.2) is 9.97 Å². The number of aliphatic hydroxyl groups is 1. The summed E-state index contributed by atoms with van der Waals surface area (Å²) in [6.07, 6.45) is 2.97. The van der Waals surface area contributed by atoms with Gasteiger partial charge in [-0.05, 0) is 30.7 Å². The van der Waals surface area contributed by atoms with Crippen molar-refractivity contribution in [2.75, 3.05) is 4.90 Å². The van der Waals surface area contributed by atoms with E-state index in [1.807, 2.05) is 19.1 Å². The highest BCUT2D eigenvalue weighted by atomic mass is 35.5. The highest BCUT2D eigenvalue weighted by Crippen LogP contribution is 2.41. The molecule has 1 fully saturated rings. The number of nitrogens with zero attached hydrogens (tertiary/aromatic N) is 3. The van der Waals surface area contributed by atoms with Gasteiger partial charge in [0.15, 0.2) is 0 Å². The summed E-state index contributed by atoms with van der Waals surface area (Å²) in [5, 5.41) is 11.5. The van der Waals surface area contributed by atoms with Crippen LogP contribution in [0.3, 0.4) is 0 Å². The molecule has 1 N–H and O–H groups in total. The number of anilines is 1. The molecule has 0 aliphatic carbocycles. The zero-order valence-electron chi connectivity index (χ0n) is 15.4. The summed E-state index contributed by atoms with van der Waals surface area (Å²) >= 11 is 6.01. The van der Waals surface area contributed by atoms with E-state index in [1.54, 1.807) is 42.5 Å². The maximum absolute atomic E-state index is 12.9. The average Bonchev–Trinajstić information content (AvgIpc) is 3.00. The zero-order valence-corrected chi connectivity index (χ0v) is 16.2. The summed E-state index contributed by atoms with van der Waals surface area (Å²) < 4.78 is 0. The number of hydrogen-bond donors (Lipinski definition) is 1. The Labute approximate surface area is 172 Å². The molecule has 0 bridgehead atoms. The van der Waals surface area contributed by atoms with Crippen LogP contribution in [0.5, 0.6) is 0 Å². The molecule has 3 aromatic rings. The van der Waals surface area contributed by atoms with Crippen molar-refractivity contribution < 1.29 is 14.7 Å². The highest BCUT2D eigenvalue weighted by molar-refractivity contribution is 6.51. The quantitative estimate of drug-likeness (QED) is 0.403. The second-order valence-corrected chi connectivity index (χ2v) is 7.07. The van der Waals surface area contributed by atoms with Crippen molar-refractivity contribution in [3.63, 3.8) is 0 Å². The molecule has 2 heterocycles. The number of aryl methyl sites for hydroxylation is 1. The summed E-state index contributed by atoms with van der Waals surface area (Å²) in [7, 11) is 0. The molecule has 1 aliphatic heterocycles. The number of amides is 1. The lowest BCUT2D eigenvalue weighted by molar-refractivity contribution is -0.132. The van der Waals surface area contributed by atoms with Crippen molar-refractivity contribution >= 4 is 35.0 Å². The van der Waals surface area contributed by atoms with Crippen LogP contribution in [0.4, 0.5) is 5.95 Å². The number of halogens is 1. The third kappa shape index (κ3) is 3.39. The first-order chi connectivity index (χ1) is 14.0. The van der Waals surface area contributed by atoms with Crippen LogP contribution in [0.2, 0.25) is 5.02 Å². The Bertz CT molecular complexity index is 1110. The fourth-order valence-corrected chi connectivity index (χ4v) is 3.41. The van der Waals surface area contributed by atoms with Gasteiger partial charge in [-0.15, -0.1) is 0 Å². The summed E-state index contributed by atoms with van der Waals surface area (Å²) in [6.45, 7) is 1.92. The largest absolute Gasteiger partial charge is 0.507 e. The first-order valence-electron chi connectivity index (χ1n) is 8.88. The molecule has 144 valence electrons. The molecule has 4 rings (SSSR count). The zero-order chi connectivity index (χ0) is 20.5. The number of rotatable bonds is 3. The minimum absolute atomic E-state index is 0.0198. The number of carbonyl (C=O) groups is 2. The lowest BCUT2D eigenvalue weighted by Crippen LogP contribution is -2.31. The van der Waals surface area contributed by atoms with E-state index in [0.29, 0.717) is 16.1 Å². The summed E-state index contributed by atoms with van der Waals surface area (Å²) in [5.41, 5.74) is 2.04. The van der Waals surface area contributed by atoms with Crippen molar-refractivity contribution in [2.24, 2.45) is 0 Å². The summed E-state index contributed by atoms with van der Waals surface area (Å²) in [4.78, 5) is 35.3. The minimum atomic E-state index is -0.879. The third-order valence-corrected chi connectivity index (χ3v) is 4.97. The molecule has 0 radical (unpaired) electrons. The number of hydrogen-bond acceptors (Lipinski definition) is 5. The molecule has 1 aliphatic rings. The van der Waals surface area contributed by atoms with Gasteiger partial charge in [0.25, 0.3) is 5.78 Å². The van der Waals surface area contributed by atoms with E-state index in [0.717, 1.165) is 5.56 Å². The van der Waals surface area contributed by atoms with Crippen LogP contribution in [-0.2, 0) is 9.59 Å². The van der Waals surface area contributed by atoms with Crippen molar-refractivity contribution in [1.82, 2.24) is 9.97 Å². The second-order valence-electron chi connectivity index (χ2n) is 6.64. The molecule has 2 aromatic carbocycles. The van der Waals surface area contributed by atoms with Crippen LogP contribution in [-0.4, -0.2) is 26.8 Å². The van der Waals surface area contributed by atoms with Crippen molar-refractivity contribution in [1.29, 1.82) is 0 Å². The lowest BCUT2D eigenvalue weighted by atomic mass is 9.95. The predicted molar refractivity (Wildman–Crippen MR) is 109 cm³/mol. The maximum atomic E-state index is 12.9. The van der Waals surface area contributed by atoms with Crippen LogP contribution in [0.25, 0.3) is 5.76 Å². The molecule has 1 amide bonds. The van der Waals surface area contributed by atoms with E-state index in [4.69, 9.17) is 11.6 Å². The molecular weight excluding hydrogens is 390 g/mol. The number of carbonyl (C=O) groups excluding carboxylic acids is 2. The van der Waals surface area contributed by atoms with Crippen molar-refractivity contribution in [3.8, 4) is 0 Å². The Morgan fingerprint density at radius 3 is 2.24 bits per heavy atom. The number of aromatic nitrogens is 2. The van der Waals surface area contributed by atoms with Gasteiger partial charge in [0.2, 0.25) is 5.95 Å². The molecule has 0 saturated carbocycles. The minimum Gasteiger partial charge on any atom is -0.507 e. The average molecular weight is 406 g/mol.